The van der Waals surface area contributed by atoms with Crippen LogP contribution in [0.25, 0.3) is 0 Å². The van der Waals surface area contributed by atoms with Gasteiger partial charge in [-0.2, -0.15) is 0 Å². The molecule has 1 amide bonds. The van der Waals surface area contributed by atoms with Crippen molar-refractivity contribution in [1.82, 2.24) is 4.98 Å². The second kappa shape index (κ2) is 7.21. The van der Waals surface area contributed by atoms with Crippen molar-refractivity contribution in [2.75, 3.05) is 17.3 Å². The summed E-state index contributed by atoms with van der Waals surface area (Å²) < 4.78 is 13.2. The molecule has 0 spiro atoms. The zero-order valence-corrected chi connectivity index (χ0v) is 15.2. The van der Waals surface area contributed by atoms with Crippen molar-refractivity contribution in [3.05, 3.63) is 69.9 Å². The monoisotopic (exact) mass is 375 g/mol. The second-order valence-corrected chi connectivity index (χ2v) is 6.77. The first-order valence-corrected chi connectivity index (χ1v) is 8.68. The normalized spacial score (nSPS) is 10.6. The molecule has 0 saturated carbocycles. The molecule has 0 saturated heterocycles. The minimum atomic E-state index is -0.527. The lowest BCUT2D eigenvalue weighted by Crippen LogP contribution is -2.11. The second-order valence-electron chi connectivity index (χ2n) is 5.39. The molecule has 1 aromatic heterocycles. The molecule has 1 heterocycles. The molecule has 0 aliphatic carbocycles. The van der Waals surface area contributed by atoms with Gasteiger partial charge in [0.2, 0.25) is 0 Å². The summed E-state index contributed by atoms with van der Waals surface area (Å²) in [6, 6.07) is 13.8. The van der Waals surface area contributed by atoms with E-state index in [2.05, 4.69) is 10.3 Å². The Hall–Kier alpha value is -2.44. The average molecular weight is 376 g/mol. The number of benzene rings is 2. The Kier molecular flexibility index (Phi) is 5.01. The molecule has 4 nitrogen and oxygen atoms in total. The van der Waals surface area contributed by atoms with Crippen molar-refractivity contribution in [1.29, 1.82) is 0 Å². The summed E-state index contributed by atoms with van der Waals surface area (Å²) in [5, 5.41) is 3.40. The summed E-state index contributed by atoms with van der Waals surface area (Å²) in [5.74, 6) is -0.828. The first-order chi connectivity index (χ1) is 12.0. The fourth-order valence-corrected chi connectivity index (χ4v) is 3.39. The first kappa shape index (κ1) is 17.4. The van der Waals surface area contributed by atoms with E-state index >= 15 is 0 Å². The summed E-state index contributed by atoms with van der Waals surface area (Å²) in [7, 11) is 1.90. The van der Waals surface area contributed by atoms with Gasteiger partial charge in [0.15, 0.2) is 5.13 Å². The summed E-state index contributed by atoms with van der Waals surface area (Å²) in [6.45, 7) is 1.78. The number of aromatic nitrogens is 1. The van der Waals surface area contributed by atoms with E-state index in [-0.39, 0.29) is 10.9 Å². The van der Waals surface area contributed by atoms with Crippen LogP contribution in [0, 0.1) is 12.7 Å². The number of amides is 1. The lowest BCUT2D eigenvalue weighted by molar-refractivity contribution is 0.103. The standard InChI is InChI=1S/C18H15ClFN3OS/c1-11-16(17(24)22-12-8-9-15(20)14(19)10-12)25-18(21-11)23(2)13-6-4-3-5-7-13/h3-10H,1-2H3,(H,22,24). The van der Waals surface area contributed by atoms with E-state index in [1.807, 2.05) is 42.3 Å². The smallest absolute Gasteiger partial charge is 0.267 e. The van der Waals surface area contributed by atoms with Crippen LogP contribution >= 0.6 is 22.9 Å². The summed E-state index contributed by atoms with van der Waals surface area (Å²) >= 11 is 7.04. The predicted octanol–water partition coefficient (Wildman–Crippen LogP) is 5.26. The lowest BCUT2D eigenvalue weighted by atomic mass is 10.3. The Balaban J connectivity index is 1.82. The van der Waals surface area contributed by atoms with E-state index in [1.165, 1.54) is 29.5 Å². The van der Waals surface area contributed by atoms with Crippen LogP contribution in [-0.4, -0.2) is 17.9 Å². The number of anilines is 3. The van der Waals surface area contributed by atoms with Gasteiger partial charge in [0, 0.05) is 18.4 Å². The number of carbonyl (C=O) groups is 1. The van der Waals surface area contributed by atoms with Gasteiger partial charge in [0.25, 0.3) is 5.91 Å². The third-order valence-electron chi connectivity index (χ3n) is 3.60. The van der Waals surface area contributed by atoms with Gasteiger partial charge in [-0.3, -0.25) is 4.79 Å². The molecule has 0 radical (unpaired) electrons. The molecule has 0 fully saturated rings. The van der Waals surface area contributed by atoms with E-state index in [9.17, 15) is 9.18 Å². The largest absolute Gasteiger partial charge is 0.321 e. The van der Waals surface area contributed by atoms with Gasteiger partial charge < -0.3 is 10.2 Å². The fraction of sp³-hybridized carbons (Fsp3) is 0.111. The van der Waals surface area contributed by atoms with Gasteiger partial charge in [-0.05, 0) is 37.3 Å². The zero-order chi connectivity index (χ0) is 18.0. The van der Waals surface area contributed by atoms with Crippen LogP contribution in [0.5, 0.6) is 0 Å². The number of aryl methyl sites for hydroxylation is 1. The Morgan fingerprint density at radius 2 is 1.96 bits per heavy atom. The number of para-hydroxylation sites is 1. The first-order valence-electron chi connectivity index (χ1n) is 7.48. The van der Waals surface area contributed by atoms with Crippen LogP contribution in [-0.2, 0) is 0 Å². The van der Waals surface area contributed by atoms with E-state index < -0.39 is 5.82 Å². The predicted molar refractivity (Wildman–Crippen MR) is 101 cm³/mol. The molecule has 128 valence electrons. The van der Waals surface area contributed by atoms with Crippen molar-refractivity contribution < 1.29 is 9.18 Å². The molecule has 0 unspecified atom stereocenters. The topological polar surface area (TPSA) is 45.2 Å². The molecule has 0 bridgehead atoms. The fourth-order valence-electron chi connectivity index (χ4n) is 2.26. The quantitative estimate of drug-likeness (QED) is 0.676. The minimum absolute atomic E-state index is 0.0386. The molecule has 3 rings (SSSR count). The van der Waals surface area contributed by atoms with Gasteiger partial charge in [0.1, 0.15) is 10.7 Å². The van der Waals surface area contributed by atoms with Gasteiger partial charge in [-0.15, -0.1) is 0 Å². The van der Waals surface area contributed by atoms with Gasteiger partial charge in [-0.1, -0.05) is 41.1 Å². The van der Waals surface area contributed by atoms with Crippen LogP contribution < -0.4 is 10.2 Å². The van der Waals surface area contributed by atoms with Crippen molar-refractivity contribution >= 4 is 45.4 Å². The van der Waals surface area contributed by atoms with Crippen LogP contribution in [0.3, 0.4) is 0 Å². The molecule has 2 aromatic carbocycles. The highest BCUT2D eigenvalue weighted by Crippen LogP contribution is 2.31. The molecular weight excluding hydrogens is 361 g/mol. The van der Waals surface area contributed by atoms with E-state index in [4.69, 9.17) is 11.6 Å². The number of hydrogen-bond acceptors (Lipinski definition) is 4. The van der Waals surface area contributed by atoms with E-state index in [1.54, 1.807) is 6.92 Å². The molecule has 0 aliphatic heterocycles. The molecule has 0 aliphatic rings. The SMILES string of the molecule is Cc1nc(N(C)c2ccccc2)sc1C(=O)Nc1ccc(F)c(Cl)c1. The number of nitrogens with one attached hydrogen (secondary N) is 1. The third-order valence-corrected chi connectivity index (χ3v) is 5.12. The highest BCUT2D eigenvalue weighted by atomic mass is 35.5. The Morgan fingerprint density at radius 1 is 1.24 bits per heavy atom. The van der Waals surface area contributed by atoms with Crippen molar-refractivity contribution in [3.8, 4) is 0 Å². The third kappa shape index (κ3) is 3.81. The number of halogens is 2. The maximum Gasteiger partial charge on any atom is 0.267 e. The van der Waals surface area contributed by atoms with Crippen LogP contribution in [0.2, 0.25) is 5.02 Å². The maximum absolute atomic E-state index is 13.2. The minimum Gasteiger partial charge on any atom is -0.321 e. The summed E-state index contributed by atoms with van der Waals surface area (Å²) in [6.07, 6.45) is 0. The highest BCUT2D eigenvalue weighted by molar-refractivity contribution is 7.17. The van der Waals surface area contributed by atoms with Crippen molar-refractivity contribution in [2.45, 2.75) is 6.92 Å². The maximum atomic E-state index is 13.2. The Bertz CT molecular complexity index is 914. The Morgan fingerprint density at radius 3 is 2.64 bits per heavy atom. The zero-order valence-electron chi connectivity index (χ0n) is 13.6. The number of carbonyl (C=O) groups excluding carboxylic acids is 1. The number of nitrogens with zero attached hydrogens (tertiary/aromatic N) is 2. The lowest BCUT2D eigenvalue weighted by Gasteiger charge is -2.15. The average Bonchev–Trinajstić information content (AvgIpc) is 3.00. The van der Waals surface area contributed by atoms with E-state index in [0.717, 1.165) is 5.69 Å². The highest BCUT2D eigenvalue weighted by Gasteiger charge is 2.18. The van der Waals surface area contributed by atoms with Crippen LogP contribution in [0.4, 0.5) is 20.9 Å². The van der Waals surface area contributed by atoms with Crippen LogP contribution in [0.1, 0.15) is 15.4 Å². The molecule has 0 atom stereocenters. The number of hydrogen-bond donors (Lipinski definition) is 1. The van der Waals surface area contributed by atoms with Gasteiger partial charge in [-0.25, -0.2) is 9.37 Å². The number of thiazole rings is 1. The van der Waals surface area contributed by atoms with Crippen molar-refractivity contribution in [2.24, 2.45) is 0 Å². The molecule has 7 heteroatoms. The Labute approximate surface area is 153 Å². The summed E-state index contributed by atoms with van der Waals surface area (Å²) in [4.78, 5) is 19.4. The van der Waals surface area contributed by atoms with Gasteiger partial charge in [0.05, 0.1) is 10.7 Å². The number of rotatable bonds is 4. The van der Waals surface area contributed by atoms with Crippen molar-refractivity contribution in [3.63, 3.8) is 0 Å². The molecular formula is C18H15ClFN3OS. The molecule has 25 heavy (non-hydrogen) atoms. The molecule has 3 aromatic rings. The summed E-state index contributed by atoms with van der Waals surface area (Å²) in [5.41, 5.74) is 2.05. The van der Waals surface area contributed by atoms with Gasteiger partial charge >= 0.3 is 0 Å². The molecule has 1 N–H and O–H groups in total. The van der Waals surface area contributed by atoms with E-state index in [0.29, 0.717) is 21.4 Å². The van der Waals surface area contributed by atoms with Crippen LogP contribution in [0.15, 0.2) is 48.5 Å².